The van der Waals surface area contributed by atoms with Crippen molar-refractivity contribution in [3.8, 4) is 22.6 Å². The van der Waals surface area contributed by atoms with Crippen molar-refractivity contribution < 1.29 is 9.15 Å². The fourth-order valence-electron chi connectivity index (χ4n) is 5.86. The molecule has 2 heterocycles. The molecule has 0 N–H and O–H groups in total. The summed E-state index contributed by atoms with van der Waals surface area (Å²) in [4.78, 5) is 27.2. The summed E-state index contributed by atoms with van der Waals surface area (Å²) in [5, 5.41) is 0.324. The number of ether oxygens (including phenoxy) is 1. The van der Waals surface area contributed by atoms with Gasteiger partial charge < -0.3 is 4.74 Å². The third kappa shape index (κ3) is 6.46. The van der Waals surface area contributed by atoms with Crippen LogP contribution < -0.4 is 21.3 Å². The van der Waals surface area contributed by atoms with Crippen molar-refractivity contribution >= 4 is 55.5 Å². The van der Waals surface area contributed by atoms with E-state index >= 15 is 0 Å². The first-order chi connectivity index (χ1) is 23.2. The van der Waals surface area contributed by atoms with Crippen molar-refractivity contribution in [2.24, 2.45) is 5.92 Å². The molecule has 6 aromatic rings. The van der Waals surface area contributed by atoms with E-state index in [9.17, 15) is 9.59 Å². The van der Waals surface area contributed by atoms with Gasteiger partial charge in [0.1, 0.15) is 11.5 Å². The topological polar surface area (TPSA) is 54.7 Å². The molecule has 4 nitrogen and oxygen atoms in total. The van der Waals surface area contributed by atoms with Crippen molar-refractivity contribution in [3.63, 3.8) is 0 Å². The highest BCUT2D eigenvalue weighted by atomic mass is 79.9. The third-order valence-electron chi connectivity index (χ3n) is 8.45. The van der Waals surface area contributed by atoms with Gasteiger partial charge in [0.2, 0.25) is 10.9 Å². The maximum Gasteiger partial charge on any atom is 0.361 e. The Balaban J connectivity index is 1.32. The molecule has 0 spiro atoms. The fourth-order valence-corrected chi connectivity index (χ4v) is 6.39. The van der Waals surface area contributed by atoms with Gasteiger partial charge in [0.15, 0.2) is 0 Å². The molecule has 0 aliphatic carbocycles. The second-order valence-corrected chi connectivity index (χ2v) is 13.6. The van der Waals surface area contributed by atoms with Crippen LogP contribution in [0, 0.1) is 19.8 Å². The quantitative estimate of drug-likeness (QED) is 0.159. The van der Waals surface area contributed by atoms with Crippen LogP contribution in [0.2, 0.25) is 0 Å². The largest absolute Gasteiger partial charge is 0.457 e. The predicted octanol–water partition coefficient (Wildman–Crippen LogP) is 8.97. The minimum absolute atomic E-state index is 0.150. The third-order valence-corrected chi connectivity index (χ3v) is 9.51. The average Bonchev–Trinajstić information content (AvgIpc) is 3.10. The lowest BCUT2D eigenvalue weighted by atomic mass is 9.96. The number of halogens is 2. The molecule has 1 atom stereocenters. The number of aryl methyl sites for hydroxylation is 2. The predicted molar refractivity (Wildman–Crippen MR) is 201 cm³/mol. The van der Waals surface area contributed by atoms with Gasteiger partial charge >= 0.3 is 11.5 Å². The van der Waals surface area contributed by atoms with Gasteiger partial charge in [-0.3, -0.25) is 9.59 Å². The second kappa shape index (κ2) is 13.3. The Kier molecular flexibility index (Phi) is 8.78. The molecule has 0 amide bonds. The minimum atomic E-state index is -0.330. The van der Waals surface area contributed by atoms with Gasteiger partial charge in [0.25, 0.3) is 0 Å². The maximum absolute atomic E-state index is 13.6. The average molecular weight is 757 g/mol. The first-order valence-electron chi connectivity index (χ1n) is 15.5. The summed E-state index contributed by atoms with van der Waals surface area (Å²) in [5.41, 5.74) is 5.94. The Labute approximate surface area is 294 Å². The van der Waals surface area contributed by atoms with E-state index in [0.29, 0.717) is 28.6 Å². The van der Waals surface area contributed by atoms with E-state index < -0.39 is 0 Å². The van der Waals surface area contributed by atoms with Gasteiger partial charge in [-0.1, -0.05) is 92.5 Å². The van der Waals surface area contributed by atoms with Crippen LogP contribution in [0.25, 0.3) is 46.3 Å². The summed E-state index contributed by atoms with van der Waals surface area (Å²) in [6.45, 7) is 4.06. The first kappa shape index (κ1) is 31.7. The Morgan fingerprint density at radius 3 is 1.79 bits per heavy atom. The van der Waals surface area contributed by atoms with Crippen LogP contribution >= 0.6 is 31.9 Å². The Morgan fingerprint density at radius 2 is 1.17 bits per heavy atom. The molecule has 0 fully saturated rings. The van der Waals surface area contributed by atoms with Crippen molar-refractivity contribution in [1.29, 1.82) is 0 Å². The van der Waals surface area contributed by atoms with Gasteiger partial charge in [-0.05, 0) is 91.2 Å². The van der Waals surface area contributed by atoms with Gasteiger partial charge in [0.05, 0.1) is 33.7 Å². The molecule has 1 aliphatic rings. The number of hydrogen-bond acceptors (Lipinski definition) is 3. The maximum atomic E-state index is 13.6. The van der Waals surface area contributed by atoms with Crippen LogP contribution in [0.3, 0.4) is 0 Å². The smallest absolute Gasteiger partial charge is 0.361 e. The molecule has 0 radical (unpaired) electrons. The van der Waals surface area contributed by atoms with E-state index in [1.807, 2.05) is 135 Å². The summed E-state index contributed by atoms with van der Waals surface area (Å²) in [5.74, 6) is 2.30. The van der Waals surface area contributed by atoms with E-state index in [-0.39, 0.29) is 27.2 Å². The molecule has 0 saturated heterocycles. The van der Waals surface area contributed by atoms with Crippen molar-refractivity contribution in [2.45, 2.75) is 13.8 Å². The Bertz CT molecular complexity index is 2410. The summed E-state index contributed by atoms with van der Waals surface area (Å²) in [6.07, 6.45) is 7.31. The van der Waals surface area contributed by atoms with E-state index in [1.54, 1.807) is 12.2 Å². The number of rotatable bonds is 6. The van der Waals surface area contributed by atoms with Gasteiger partial charge in [-0.2, -0.15) is 0 Å². The summed E-state index contributed by atoms with van der Waals surface area (Å²) in [7, 11) is 0. The highest BCUT2D eigenvalue weighted by Crippen LogP contribution is 2.35. The van der Waals surface area contributed by atoms with Gasteiger partial charge in [0, 0.05) is 26.0 Å². The van der Waals surface area contributed by atoms with Gasteiger partial charge in [-0.25, -0.2) is 4.42 Å². The summed E-state index contributed by atoms with van der Waals surface area (Å²) >= 11 is 7.00. The van der Waals surface area contributed by atoms with E-state index in [1.165, 1.54) is 0 Å². The molecule has 7 rings (SSSR count). The summed E-state index contributed by atoms with van der Waals surface area (Å²) < 4.78 is 14.7. The molecular weight excluding hydrogens is 728 g/mol. The molecule has 1 unspecified atom stereocenters. The van der Waals surface area contributed by atoms with Crippen LogP contribution in [-0.4, -0.2) is 0 Å². The minimum Gasteiger partial charge on any atom is -0.457 e. The zero-order chi connectivity index (χ0) is 33.4. The lowest BCUT2D eigenvalue weighted by Crippen LogP contribution is -2.64. The second-order valence-electron chi connectivity index (χ2n) is 11.8. The van der Waals surface area contributed by atoms with E-state index in [2.05, 4.69) is 31.9 Å². The monoisotopic (exact) mass is 755 g/mol. The van der Waals surface area contributed by atoms with E-state index in [0.717, 1.165) is 42.3 Å². The molecule has 1 aliphatic heterocycles. The van der Waals surface area contributed by atoms with Crippen molar-refractivity contribution in [2.75, 3.05) is 0 Å². The molecule has 234 valence electrons. The molecule has 0 bridgehead atoms. The van der Waals surface area contributed by atoms with Crippen molar-refractivity contribution in [3.05, 3.63) is 189 Å². The first-order valence-corrected chi connectivity index (χ1v) is 17.1. The molecule has 0 saturated carbocycles. The molecule has 48 heavy (non-hydrogen) atoms. The highest BCUT2D eigenvalue weighted by molar-refractivity contribution is 9.10. The van der Waals surface area contributed by atoms with Crippen molar-refractivity contribution in [1.82, 2.24) is 0 Å². The lowest BCUT2D eigenvalue weighted by molar-refractivity contribution is 0.458. The molecular formula is C42H29Br2O4+. The van der Waals surface area contributed by atoms with Crippen LogP contribution in [-0.2, 0) is 4.74 Å². The van der Waals surface area contributed by atoms with Crippen LogP contribution in [0.15, 0.2) is 144 Å². The zero-order valence-corrected chi connectivity index (χ0v) is 29.3. The van der Waals surface area contributed by atoms with Crippen LogP contribution in [0.1, 0.15) is 27.8 Å². The van der Waals surface area contributed by atoms with E-state index in [4.69, 9.17) is 9.15 Å². The SMILES string of the molecule is Cc1ccccc1C1=CC(C=c2c(=O)c(=Cc3cc(-c4ccc(Br)cc4)[o+]c(-c4ccccc4C)c3)c2=O)C=C(c2ccc(Br)cc2)O1. The Hall–Kier alpha value is -4.91. The summed E-state index contributed by atoms with van der Waals surface area (Å²) in [6, 6.07) is 35.4. The number of hydrogen-bond donors (Lipinski definition) is 0. The fraction of sp³-hybridized carbons (Fsp3) is 0.0714. The normalized spacial score (nSPS) is 14.2. The molecule has 5 aromatic carbocycles. The Morgan fingerprint density at radius 1 is 0.625 bits per heavy atom. The lowest BCUT2D eigenvalue weighted by Gasteiger charge is -2.22. The van der Waals surface area contributed by atoms with Crippen LogP contribution in [0.5, 0.6) is 0 Å². The zero-order valence-electron chi connectivity index (χ0n) is 26.2. The molecule has 1 aromatic heterocycles. The number of allylic oxidation sites excluding steroid dienone is 2. The highest BCUT2D eigenvalue weighted by Gasteiger charge is 2.23. The number of benzene rings is 4. The van der Waals surface area contributed by atoms with Crippen LogP contribution in [0.4, 0.5) is 0 Å². The molecule has 6 heteroatoms. The van der Waals surface area contributed by atoms with Gasteiger partial charge in [-0.15, -0.1) is 0 Å². The standard InChI is InChI=1S/C42H29Br2O4/c1-25-7-3-5-9-33(25)39-23-27(21-37(47-39)29-11-15-31(43)16-12-29)19-35-41(45)36(42(35)46)20-28-22-38(30-13-17-32(44)18-14-30)48-40(24-28)34-10-6-4-8-26(34)2/h3-24,27H,1-2H3/q+1.